The third kappa shape index (κ3) is 2.04. The van der Waals surface area contributed by atoms with Crippen molar-refractivity contribution < 1.29 is 13.7 Å². The van der Waals surface area contributed by atoms with Crippen molar-refractivity contribution in [3.63, 3.8) is 0 Å². The fraction of sp³-hybridized carbons (Fsp3) is 0.273. The first-order valence-corrected chi connectivity index (χ1v) is 5.51. The molecule has 0 atom stereocenters. The third-order valence-corrected chi connectivity index (χ3v) is 2.78. The van der Waals surface area contributed by atoms with Crippen LogP contribution < -0.4 is 10.5 Å². The van der Waals surface area contributed by atoms with Crippen molar-refractivity contribution in [1.82, 2.24) is 10.1 Å². The molecule has 1 heterocycles. The van der Waals surface area contributed by atoms with Crippen LogP contribution in [0.15, 0.2) is 10.6 Å². The molecule has 0 saturated heterocycles. The van der Waals surface area contributed by atoms with Crippen LogP contribution in [0.1, 0.15) is 11.5 Å². The molecule has 0 spiro atoms. The number of aromatic nitrogens is 2. The highest BCUT2D eigenvalue weighted by Crippen LogP contribution is 2.38. The van der Waals surface area contributed by atoms with Gasteiger partial charge in [-0.2, -0.15) is 4.98 Å². The van der Waals surface area contributed by atoms with Crippen molar-refractivity contribution in [2.24, 2.45) is 5.73 Å². The summed E-state index contributed by atoms with van der Waals surface area (Å²) in [4.78, 5) is 4.04. The summed E-state index contributed by atoms with van der Waals surface area (Å²) >= 11 is 5.92. The van der Waals surface area contributed by atoms with Crippen LogP contribution in [-0.4, -0.2) is 17.3 Å². The fourth-order valence-corrected chi connectivity index (χ4v) is 1.87. The lowest BCUT2D eigenvalue weighted by Crippen LogP contribution is -1.98. The summed E-state index contributed by atoms with van der Waals surface area (Å²) in [5, 5.41) is 3.89. The molecule has 0 aliphatic heterocycles. The summed E-state index contributed by atoms with van der Waals surface area (Å²) in [5.74, 6) is 0.299. The number of nitrogens with zero attached hydrogens (tertiary/aromatic N) is 2. The van der Waals surface area contributed by atoms with Gasteiger partial charge in [-0.05, 0) is 18.6 Å². The quantitative estimate of drug-likeness (QED) is 0.927. The van der Waals surface area contributed by atoms with Crippen LogP contribution >= 0.6 is 11.6 Å². The predicted molar refractivity (Wildman–Crippen MR) is 63.9 cm³/mol. The van der Waals surface area contributed by atoms with Crippen molar-refractivity contribution in [2.75, 3.05) is 7.11 Å². The maximum atomic E-state index is 13.7. The van der Waals surface area contributed by atoms with Crippen LogP contribution in [0, 0.1) is 12.7 Å². The summed E-state index contributed by atoms with van der Waals surface area (Å²) < 4.78 is 23.7. The van der Waals surface area contributed by atoms with Gasteiger partial charge in [0.15, 0.2) is 0 Å². The lowest BCUT2D eigenvalue weighted by Gasteiger charge is -2.11. The van der Waals surface area contributed by atoms with Crippen LogP contribution in [-0.2, 0) is 6.54 Å². The van der Waals surface area contributed by atoms with Crippen molar-refractivity contribution in [1.29, 1.82) is 0 Å². The van der Waals surface area contributed by atoms with E-state index in [0.29, 0.717) is 16.9 Å². The van der Waals surface area contributed by atoms with Crippen LogP contribution in [0.25, 0.3) is 11.4 Å². The average molecular weight is 272 g/mol. The first-order chi connectivity index (χ1) is 8.58. The molecule has 0 radical (unpaired) electrons. The molecule has 2 rings (SSSR count). The highest BCUT2D eigenvalue weighted by molar-refractivity contribution is 6.32. The number of hydrogen-bond donors (Lipinski definition) is 1. The SMILES string of the molecule is COc1c(Cl)cc(F)c(C)c1-c1noc(CN)n1. The minimum Gasteiger partial charge on any atom is -0.494 e. The number of ether oxygens (including phenoxy) is 1. The van der Waals surface area contributed by atoms with Crippen molar-refractivity contribution >= 4 is 11.6 Å². The summed E-state index contributed by atoms with van der Waals surface area (Å²) in [6.45, 7) is 1.69. The minimum atomic E-state index is -0.463. The number of nitrogens with two attached hydrogens (primary N) is 1. The highest BCUT2D eigenvalue weighted by Gasteiger charge is 2.21. The lowest BCUT2D eigenvalue weighted by atomic mass is 10.1. The molecule has 0 aliphatic rings. The molecule has 18 heavy (non-hydrogen) atoms. The zero-order chi connectivity index (χ0) is 13.3. The van der Waals surface area contributed by atoms with Gasteiger partial charge >= 0.3 is 0 Å². The number of halogens is 2. The molecule has 2 N–H and O–H groups in total. The van der Waals surface area contributed by atoms with E-state index in [9.17, 15) is 4.39 Å². The van der Waals surface area contributed by atoms with Crippen molar-refractivity contribution in [2.45, 2.75) is 13.5 Å². The average Bonchev–Trinajstić information content (AvgIpc) is 2.81. The van der Waals surface area contributed by atoms with E-state index in [1.54, 1.807) is 6.92 Å². The van der Waals surface area contributed by atoms with E-state index >= 15 is 0 Å². The molecule has 1 aromatic carbocycles. The smallest absolute Gasteiger partial charge is 0.240 e. The molecular formula is C11H11ClFN3O2. The Morgan fingerprint density at radius 3 is 2.83 bits per heavy atom. The maximum absolute atomic E-state index is 13.7. The van der Waals surface area contributed by atoms with Gasteiger partial charge in [-0.3, -0.25) is 0 Å². The van der Waals surface area contributed by atoms with Crippen molar-refractivity contribution in [3.8, 4) is 17.1 Å². The normalized spacial score (nSPS) is 10.7. The van der Waals surface area contributed by atoms with Gasteiger partial charge in [0.2, 0.25) is 11.7 Å². The number of methoxy groups -OCH3 is 1. The Morgan fingerprint density at radius 2 is 2.28 bits per heavy atom. The molecule has 2 aromatic rings. The van der Waals surface area contributed by atoms with E-state index in [2.05, 4.69) is 10.1 Å². The minimum absolute atomic E-state index is 0.109. The number of benzene rings is 1. The number of rotatable bonds is 3. The standard InChI is InChI=1S/C11H11ClFN3O2/c1-5-7(13)3-6(12)10(17-2)9(5)11-15-8(4-14)18-16-11/h3H,4,14H2,1-2H3. The third-order valence-electron chi connectivity index (χ3n) is 2.50. The Hall–Kier alpha value is -1.66. The molecule has 0 saturated carbocycles. The van der Waals surface area contributed by atoms with Crippen LogP contribution in [0.3, 0.4) is 0 Å². The van der Waals surface area contributed by atoms with E-state index in [0.717, 1.165) is 0 Å². The van der Waals surface area contributed by atoms with E-state index in [1.165, 1.54) is 13.2 Å². The lowest BCUT2D eigenvalue weighted by molar-refractivity contribution is 0.379. The Morgan fingerprint density at radius 1 is 1.56 bits per heavy atom. The second-order valence-electron chi connectivity index (χ2n) is 3.59. The summed E-state index contributed by atoms with van der Waals surface area (Å²) in [5.41, 5.74) is 6.08. The monoisotopic (exact) mass is 271 g/mol. The molecule has 0 amide bonds. The summed E-state index contributed by atoms with van der Waals surface area (Å²) in [6.07, 6.45) is 0. The van der Waals surface area contributed by atoms with Gasteiger partial charge in [-0.15, -0.1) is 0 Å². The van der Waals surface area contributed by atoms with E-state index in [4.69, 9.17) is 26.6 Å². The summed E-state index contributed by atoms with van der Waals surface area (Å²) in [6, 6.07) is 1.18. The Balaban J connectivity index is 2.68. The maximum Gasteiger partial charge on any atom is 0.240 e. The molecule has 0 fully saturated rings. The molecule has 96 valence electrons. The van der Waals surface area contributed by atoms with Gasteiger partial charge < -0.3 is 15.0 Å². The second kappa shape index (κ2) is 4.91. The molecule has 7 heteroatoms. The Kier molecular flexibility index (Phi) is 3.49. The largest absolute Gasteiger partial charge is 0.494 e. The van der Waals surface area contributed by atoms with Gasteiger partial charge in [-0.1, -0.05) is 16.8 Å². The Labute approximate surface area is 108 Å². The van der Waals surface area contributed by atoms with Gasteiger partial charge in [-0.25, -0.2) is 4.39 Å². The highest BCUT2D eigenvalue weighted by atomic mass is 35.5. The fourth-order valence-electron chi connectivity index (χ4n) is 1.60. The molecule has 0 aliphatic carbocycles. The molecule has 1 aromatic heterocycles. The van der Waals surface area contributed by atoms with Crippen molar-refractivity contribution in [3.05, 3.63) is 28.4 Å². The molecule has 0 unspecified atom stereocenters. The van der Waals surface area contributed by atoms with E-state index < -0.39 is 5.82 Å². The summed E-state index contributed by atoms with van der Waals surface area (Å²) in [7, 11) is 1.44. The second-order valence-corrected chi connectivity index (χ2v) is 4.00. The zero-order valence-electron chi connectivity index (χ0n) is 9.83. The van der Waals surface area contributed by atoms with E-state index in [1.807, 2.05) is 0 Å². The van der Waals surface area contributed by atoms with Gasteiger partial charge in [0.1, 0.15) is 11.6 Å². The van der Waals surface area contributed by atoms with Crippen LogP contribution in [0.5, 0.6) is 5.75 Å². The number of hydrogen-bond acceptors (Lipinski definition) is 5. The first kappa shape index (κ1) is 12.8. The predicted octanol–water partition coefficient (Wildman–Crippen LogP) is 2.30. The molecule has 5 nitrogen and oxygen atoms in total. The van der Waals surface area contributed by atoms with Gasteiger partial charge in [0, 0.05) is 0 Å². The van der Waals surface area contributed by atoms with Crippen LogP contribution in [0.2, 0.25) is 5.02 Å². The molecular weight excluding hydrogens is 261 g/mol. The van der Waals surface area contributed by atoms with Gasteiger partial charge in [0.05, 0.1) is 24.2 Å². The zero-order valence-corrected chi connectivity index (χ0v) is 10.6. The Bertz CT molecular complexity index is 586. The topological polar surface area (TPSA) is 74.2 Å². The molecule has 0 bridgehead atoms. The van der Waals surface area contributed by atoms with E-state index in [-0.39, 0.29) is 23.3 Å². The van der Waals surface area contributed by atoms with Crippen LogP contribution in [0.4, 0.5) is 4.39 Å². The first-order valence-electron chi connectivity index (χ1n) is 5.14. The van der Waals surface area contributed by atoms with Gasteiger partial charge in [0.25, 0.3) is 0 Å².